The predicted octanol–water partition coefficient (Wildman–Crippen LogP) is 5.31. The van der Waals surface area contributed by atoms with Gasteiger partial charge in [0, 0.05) is 25.3 Å². The van der Waals surface area contributed by atoms with Crippen molar-refractivity contribution in [2.45, 2.75) is 58.2 Å². The van der Waals surface area contributed by atoms with E-state index in [9.17, 15) is 0 Å². The van der Waals surface area contributed by atoms with Crippen LogP contribution in [0.25, 0.3) is 0 Å². The standard InChI is InChI=1S/C27H30N4/c1-21-6-8-22(9-7-21)14-25-4-2-3-5-26(15-25)30-18-27-17-29-20-31(27)19-24-12-10-23(16-28)11-13-24/h6-13,15,17,20,26,30H,2-5,14,18-19H2,1H3. The Morgan fingerprint density at radius 2 is 1.84 bits per heavy atom. The Morgan fingerprint density at radius 3 is 2.61 bits per heavy atom. The molecule has 1 N–H and O–H groups in total. The summed E-state index contributed by atoms with van der Waals surface area (Å²) < 4.78 is 2.18. The van der Waals surface area contributed by atoms with Crippen molar-refractivity contribution < 1.29 is 0 Å². The SMILES string of the molecule is Cc1ccc(CC2=CC(NCc3cncn3Cc3ccc(C#N)cc3)CCCC2)cc1. The number of imidazole rings is 1. The fourth-order valence-corrected chi connectivity index (χ4v) is 4.20. The summed E-state index contributed by atoms with van der Waals surface area (Å²) in [7, 11) is 0. The van der Waals surface area contributed by atoms with E-state index in [1.165, 1.54) is 48.1 Å². The molecule has 0 radical (unpaired) electrons. The van der Waals surface area contributed by atoms with Gasteiger partial charge in [-0.25, -0.2) is 4.98 Å². The molecule has 4 nitrogen and oxygen atoms in total. The third-order valence-corrected chi connectivity index (χ3v) is 6.03. The molecule has 31 heavy (non-hydrogen) atoms. The number of benzene rings is 2. The Labute approximate surface area is 185 Å². The average Bonchev–Trinajstić information content (AvgIpc) is 3.11. The minimum absolute atomic E-state index is 0.404. The first-order valence-electron chi connectivity index (χ1n) is 11.2. The van der Waals surface area contributed by atoms with Crippen molar-refractivity contribution in [1.29, 1.82) is 5.26 Å². The molecule has 2 aromatic carbocycles. The average molecular weight is 411 g/mol. The second-order valence-electron chi connectivity index (χ2n) is 8.54. The minimum atomic E-state index is 0.404. The molecule has 0 bridgehead atoms. The lowest BCUT2D eigenvalue weighted by Gasteiger charge is -2.16. The monoisotopic (exact) mass is 410 g/mol. The van der Waals surface area contributed by atoms with E-state index in [1.807, 2.05) is 36.8 Å². The summed E-state index contributed by atoms with van der Waals surface area (Å²) in [5.41, 5.74) is 7.31. The third kappa shape index (κ3) is 5.93. The van der Waals surface area contributed by atoms with Crippen LogP contribution in [0.2, 0.25) is 0 Å². The van der Waals surface area contributed by atoms with Crippen LogP contribution in [0.15, 0.2) is 72.7 Å². The number of rotatable bonds is 7. The summed E-state index contributed by atoms with van der Waals surface area (Å²) in [6, 6.07) is 19.3. The van der Waals surface area contributed by atoms with Crippen LogP contribution in [0.1, 0.15) is 53.6 Å². The minimum Gasteiger partial charge on any atom is -0.329 e. The molecule has 1 atom stereocenters. The van der Waals surface area contributed by atoms with Gasteiger partial charge in [0.2, 0.25) is 0 Å². The highest BCUT2D eigenvalue weighted by atomic mass is 15.1. The lowest BCUT2D eigenvalue weighted by molar-refractivity contribution is 0.525. The highest BCUT2D eigenvalue weighted by Gasteiger charge is 2.13. The van der Waals surface area contributed by atoms with E-state index in [0.29, 0.717) is 11.6 Å². The van der Waals surface area contributed by atoms with Gasteiger partial charge in [-0.05, 0) is 55.9 Å². The topological polar surface area (TPSA) is 53.6 Å². The molecule has 0 amide bonds. The van der Waals surface area contributed by atoms with Crippen molar-refractivity contribution in [3.8, 4) is 6.07 Å². The predicted molar refractivity (Wildman–Crippen MR) is 125 cm³/mol. The molecule has 0 fully saturated rings. The zero-order chi connectivity index (χ0) is 21.5. The van der Waals surface area contributed by atoms with Gasteiger partial charge in [0.15, 0.2) is 0 Å². The van der Waals surface area contributed by atoms with Crippen LogP contribution in [0.4, 0.5) is 0 Å². The van der Waals surface area contributed by atoms with Crippen molar-refractivity contribution in [3.63, 3.8) is 0 Å². The van der Waals surface area contributed by atoms with Crippen LogP contribution in [0.5, 0.6) is 0 Å². The molecule has 0 spiro atoms. The maximum atomic E-state index is 8.98. The van der Waals surface area contributed by atoms with Crippen molar-refractivity contribution in [3.05, 3.63) is 101 Å². The summed E-state index contributed by atoms with van der Waals surface area (Å²) >= 11 is 0. The molecule has 3 aromatic rings. The van der Waals surface area contributed by atoms with Crippen molar-refractivity contribution in [1.82, 2.24) is 14.9 Å². The largest absolute Gasteiger partial charge is 0.329 e. The molecule has 1 unspecified atom stereocenters. The van der Waals surface area contributed by atoms with Crippen LogP contribution in [0, 0.1) is 18.3 Å². The quantitative estimate of drug-likeness (QED) is 0.537. The normalized spacial score (nSPS) is 16.4. The van der Waals surface area contributed by atoms with Gasteiger partial charge in [-0.3, -0.25) is 0 Å². The van der Waals surface area contributed by atoms with Crippen LogP contribution >= 0.6 is 0 Å². The van der Waals surface area contributed by atoms with E-state index in [2.05, 4.69) is 58.2 Å². The Hall–Kier alpha value is -3.16. The van der Waals surface area contributed by atoms with E-state index >= 15 is 0 Å². The molecule has 1 aliphatic carbocycles. The molecule has 1 aromatic heterocycles. The van der Waals surface area contributed by atoms with Crippen LogP contribution in [-0.2, 0) is 19.5 Å². The van der Waals surface area contributed by atoms with Gasteiger partial charge in [0.25, 0.3) is 0 Å². The van der Waals surface area contributed by atoms with Crippen LogP contribution < -0.4 is 5.32 Å². The highest BCUT2D eigenvalue weighted by molar-refractivity contribution is 5.32. The number of aryl methyl sites for hydroxylation is 1. The zero-order valence-electron chi connectivity index (χ0n) is 18.2. The van der Waals surface area contributed by atoms with E-state index in [-0.39, 0.29) is 0 Å². The third-order valence-electron chi connectivity index (χ3n) is 6.03. The number of hydrogen-bond donors (Lipinski definition) is 1. The smallest absolute Gasteiger partial charge is 0.0991 e. The van der Waals surface area contributed by atoms with Gasteiger partial charge in [-0.1, -0.05) is 60.0 Å². The number of allylic oxidation sites excluding steroid dienone is 1. The van der Waals surface area contributed by atoms with Crippen molar-refractivity contribution in [2.75, 3.05) is 0 Å². The van der Waals surface area contributed by atoms with Gasteiger partial charge in [0.1, 0.15) is 0 Å². The lowest BCUT2D eigenvalue weighted by Crippen LogP contribution is -2.27. The molecule has 158 valence electrons. The molecule has 0 aliphatic heterocycles. The van der Waals surface area contributed by atoms with E-state index in [1.54, 1.807) is 5.57 Å². The maximum Gasteiger partial charge on any atom is 0.0991 e. The van der Waals surface area contributed by atoms with Gasteiger partial charge in [-0.2, -0.15) is 5.26 Å². The van der Waals surface area contributed by atoms with Gasteiger partial charge >= 0.3 is 0 Å². The highest BCUT2D eigenvalue weighted by Crippen LogP contribution is 2.22. The maximum absolute atomic E-state index is 8.98. The van der Waals surface area contributed by atoms with E-state index in [4.69, 9.17) is 5.26 Å². The zero-order valence-corrected chi connectivity index (χ0v) is 18.2. The Balaban J connectivity index is 1.38. The number of nitrogens with zero attached hydrogens (tertiary/aromatic N) is 3. The Kier molecular flexibility index (Phi) is 6.96. The molecule has 0 saturated heterocycles. The molecule has 1 aliphatic rings. The molecule has 4 heteroatoms. The van der Waals surface area contributed by atoms with Gasteiger partial charge in [0.05, 0.1) is 23.7 Å². The first kappa shape index (κ1) is 21.1. The molecule has 0 saturated carbocycles. The molecular weight excluding hydrogens is 380 g/mol. The van der Waals surface area contributed by atoms with E-state index < -0.39 is 0 Å². The molecular formula is C27H30N4. The Morgan fingerprint density at radius 1 is 1.06 bits per heavy atom. The van der Waals surface area contributed by atoms with E-state index in [0.717, 1.165) is 19.5 Å². The lowest BCUT2D eigenvalue weighted by atomic mass is 10.00. The van der Waals surface area contributed by atoms with Gasteiger partial charge < -0.3 is 9.88 Å². The van der Waals surface area contributed by atoms with Crippen molar-refractivity contribution >= 4 is 0 Å². The first-order chi connectivity index (χ1) is 15.2. The summed E-state index contributed by atoms with van der Waals surface area (Å²) in [6.07, 6.45) is 12.3. The fraction of sp³-hybridized carbons (Fsp3) is 0.333. The van der Waals surface area contributed by atoms with Gasteiger partial charge in [-0.15, -0.1) is 0 Å². The fourth-order valence-electron chi connectivity index (χ4n) is 4.20. The summed E-state index contributed by atoms with van der Waals surface area (Å²) in [6.45, 7) is 3.71. The summed E-state index contributed by atoms with van der Waals surface area (Å²) in [5.74, 6) is 0. The number of hydrogen-bond acceptors (Lipinski definition) is 3. The number of nitrogens with one attached hydrogen (secondary N) is 1. The van der Waals surface area contributed by atoms with Crippen LogP contribution in [0.3, 0.4) is 0 Å². The number of aromatic nitrogens is 2. The van der Waals surface area contributed by atoms with Crippen molar-refractivity contribution in [2.24, 2.45) is 0 Å². The summed E-state index contributed by atoms with van der Waals surface area (Å²) in [5, 5.41) is 12.7. The Bertz CT molecular complexity index is 1050. The van der Waals surface area contributed by atoms with Crippen LogP contribution in [-0.4, -0.2) is 15.6 Å². The second kappa shape index (κ2) is 10.2. The number of nitriles is 1. The second-order valence-corrected chi connectivity index (χ2v) is 8.54. The summed E-state index contributed by atoms with van der Waals surface area (Å²) in [4.78, 5) is 4.37. The molecule has 1 heterocycles. The first-order valence-corrected chi connectivity index (χ1v) is 11.2. The molecule has 4 rings (SSSR count).